The molecule has 1 aromatic rings. The van der Waals surface area contributed by atoms with Crippen LogP contribution in [0.25, 0.3) is 0 Å². The Labute approximate surface area is 147 Å². The van der Waals surface area contributed by atoms with Crippen LogP contribution in [0.3, 0.4) is 0 Å². The fraction of sp³-hybridized carbons (Fsp3) is 0.375. The molecule has 0 fully saturated rings. The van der Waals surface area contributed by atoms with Gasteiger partial charge in [-0.3, -0.25) is 0 Å². The topological polar surface area (TPSA) is 95.2 Å². The summed E-state index contributed by atoms with van der Waals surface area (Å²) in [5.74, 6) is 0.619. The molecule has 0 radical (unpaired) electrons. The van der Waals surface area contributed by atoms with Crippen molar-refractivity contribution in [3.05, 3.63) is 49.8 Å². The number of methoxy groups -OCH3 is 1. The van der Waals surface area contributed by atoms with E-state index in [1.54, 1.807) is 25.3 Å². The van der Waals surface area contributed by atoms with Crippen LogP contribution in [0.2, 0.25) is 0 Å². The Bertz CT molecular complexity index is 453. The van der Waals surface area contributed by atoms with E-state index in [1.165, 1.54) is 0 Å². The van der Waals surface area contributed by atoms with Crippen LogP contribution >= 0.6 is 0 Å². The molecule has 0 aliphatic rings. The second kappa shape index (κ2) is 22.5. The molecular weight excluding hydrogens is 340 g/mol. The molecule has 0 amide bonds. The molecule has 124 valence electrons. The number of benzene rings is 1. The average molecular weight is 358 g/mol. The number of carbonyl (C=O) groups is 1. The Morgan fingerprint density at radius 3 is 2.04 bits per heavy atom. The molecule has 0 saturated carbocycles. The van der Waals surface area contributed by atoms with E-state index in [0.717, 1.165) is 6.42 Å². The largest absolute Gasteiger partial charge is 0 e. The molecule has 6 nitrogen and oxygen atoms in total. The average Bonchev–Trinajstić information content (AvgIpc) is 2.64. The minimum absolute atomic E-state index is 0. The van der Waals surface area contributed by atoms with Crippen molar-refractivity contribution < 1.29 is 45.6 Å². The quantitative estimate of drug-likeness (QED) is 0.460. The third-order valence-corrected chi connectivity index (χ3v) is 2.52. The Morgan fingerprint density at radius 2 is 1.61 bits per heavy atom. The predicted octanol–water partition coefficient (Wildman–Crippen LogP) is 2.78. The first kappa shape index (κ1) is 29.3. The fourth-order valence-corrected chi connectivity index (χ4v) is 1.23. The van der Waals surface area contributed by atoms with Gasteiger partial charge in [0.1, 0.15) is 11.3 Å². The predicted molar refractivity (Wildman–Crippen MR) is 74.5 cm³/mol. The van der Waals surface area contributed by atoms with Crippen molar-refractivity contribution in [3.63, 3.8) is 0 Å². The third-order valence-electron chi connectivity index (χ3n) is 2.52. The van der Waals surface area contributed by atoms with Crippen LogP contribution in [0.1, 0.15) is 30.6 Å². The van der Waals surface area contributed by atoms with E-state index in [4.69, 9.17) is 23.4 Å². The molecule has 1 aromatic carbocycles. The van der Waals surface area contributed by atoms with Crippen molar-refractivity contribution in [2.24, 2.45) is 5.92 Å². The number of rotatable bonds is 5. The van der Waals surface area contributed by atoms with Gasteiger partial charge < -0.3 is 9.47 Å². The number of para-hydroxylation sites is 1. The summed E-state index contributed by atoms with van der Waals surface area (Å²) in [7, 11) is 1.54. The van der Waals surface area contributed by atoms with Gasteiger partial charge in [-0.2, -0.15) is 0 Å². The van der Waals surface area contributed by atoms with Crippen molar-refractivity contribution in [1.29, 1.82) is 0 Å². The molecule has 1 rings (SSSR count). The van der Waals surface area contributed by atoms with Crippen molar-refractivity contribution in [2.75, 3.05) is 13.7 Å². The van der Waals surface area contributed by atoms with Crippen molar-refractivity contribution in [2.45, 2.75) is 20.3 Å². The minimum atomic E-state index is -0.322. The summed E-state index contributed by atoms with van der Waals surface area (Å²) in [5.41, 5.74) is 0.480. The zero-order valence-corrected chi connectivity index (χ0v) is 14.4. The van der Waals surface area contributed by atoms with E-state index in [1.807, 2.05) is 6.07 Å². The van der Waals surface area contributed by atoms with Crippen LogP contribution < -0.4 is 4.74 Å². The van der Waals surface area contributed by atoms with E-state index < -0.39 is 0 Å². The molecular formula is C16H18CrO6. The minimum Gasteiger partial charge on any atom is 0 e. The van der Waals surface area contributed by atoms with Crippen molar-refractivity contribution in [1.82, 2.24) is 0 Å². The second-order valence-corrected chi connectivity index (χ2v) is 3.81. The zero-order valence-electron chi connectivity index (χ0n) is 13.2. The molecule has 0 bridgehead atoms. The summed E-state index contributed by atoms with van der Waals surface area (Å²) < 4.78 is 32.8. The molecule has 1 atom stereocenters. The van der Waals surface area contributed by atoms with Gasteiger partial charge >= 0.3 is 39.9 Å². The van der Waals surface area contributed by atoms with Gasteiger partial charge in [-0.1, -0.05) is 32.4 Å². The molecule has 0 spiro atoms. The van der Waals surface area contributed by atoms with Crippen LogP contribution in [-0.4, -0.2) is 19.7 Å². The van der Waals surface area contributed by atoms with Gasteiger partial charge in [0.15, 0.2) is 0 Å². The van der Waals surface area contributed by atoms with Gasteiger partial charge in [-0.15, -0.1) is 0 Å². The van der Waals surface area contributed by atoms with Gasteiger partial charge in [0.2, 0.25) is 0 Å². The number of carbonyl (C=O) groups excluding carboxylic acids is 1. The van der Waals surface area contributed by atoms with Crippen molar-refractivity contribution in [3.8, 4) is 5.75 Å². The summed E-state index contributed by atoms with van der Waals surface area (Å²) in [6.07, 6.45) is 0.999. The smallest absolute Gasteiger partial charge is 0 e. The fourth-order valence-electron chi connectivity index (χ4n) is 1.23. The van der Waals surface area contributed by atoms with Gasteiger partial charge in [0.25, 0.3) is 0 Å². The first-order valence-corrected chi connectivity index (χ1v) is 6.10. The van der Waals surface area contributed by atoms with Crippen LogP contribution in [0.5, 0.6) is 5.75 Å². The number of ether oxygens (including phenoxy) is 2. The zero-order chi connectivity index (χ0) is 18.0. The SMILES string of the molecule is CC[C@H](C)COC(=O)c1ccccc1OC.[C-]#[O+].[C-]#[O+].[C-]#[O+].[Cr]. The van der Waals surface area contributed by atoms with Crippen LogP contribution in [0.15, 0.2) is 24.3 Å². The monoisotopic (exact) mass is 358 g/mol. The maximum Gasteiger partial charge on any atom is 0 e. The molecule has 0 aliphatic carbocycles. The normalized spacial score (nSPS) is 8.57. The maximum atomic E-state index is 11.7. The van der Waals surface area contributed by atoms with E-state index in [-0.39, 0.29) is 23.3 Å². The number of esters is 1. The first-order chi connectivity index (χ1) is 10.7. The number of hydrogen-bond acceptors (Lipinski definition) is 3. The summed E-state index contributed by atoms with van der Waals surface area (Å²) >= 11 is 0. The van der Waals surface area contributed by atoms with E-state index in [9.17, 15) is 4.79 Å². The molecule has 0 saturated heterocycles. The van der Waals surface area contributed by atoms with E-state index >= 15 is 0 Å². The number of hydrogen-bond donors (Lipinski definition) is 0. The molecule has 23 heavy (non-hydrogen) atoms. The van der Waals surface area contributed by atoms with Gasteiger partial charge in [0.05, 0.1) is 13.7 Å². The molecule has 0 N–H and O–H groups in total. The molecule has 7 heteroatoms. The first-order valence-electron chi connectivity index (χ1n) is 6.10. The van der Waals surface area contributed by atoms with Gasteiger partial charge in [-0.25, -0.2) is 4.79 Å². The molecule has 0 aromatic heterocycles. The summed E-state index contributed by atoms with van der Waals surface area (Å²) in [6, 6.07) is 7.07. The van der Waals surface area contributed by atoms with Crippen LogP contribution in [-0.2, 0) is 36.1 Å². The molecule has 0 heterocycles. The van der Waals surface area contributed by atoms with Gasteiger partial charge in [0, 0.05) is 17.4 Å². The van der Waals surface area contributed by atoms with Crippen molar-refractivity contribution >= 4 is 5.97 Å². The van der Waals surface area contributed by atoms with Gasteiger partial charge in [-0.05, 0) is 18.1 Å². The standard InChI is InChI=1S/C13H18O3.3CO.Cr/c1-4-10(2)9-16-13(14)11-7-5-6-8-12(11)15-3;3*1-2;/h5-8,10H,4,9H2,1-3H3;;;;/t10-;;;;/m0..../s1. The Balaban J connectivity index is -0.000000231. The third kappa shape index (κ3) is 13.6. The molecule has 0 aliphatic heterocycles. The maximum absolute atomic E-state index is 11.7. The Kier molecular flexibility index (Phi) is 28.7. The summed E-state index contributed by atoms with van der Waals surface area (Å²) in [4.78, 5) is 11.7. The van der Waals surface area contributed by atoms with E-state index in [2.05, 4.69) is 33.8 Å². The summed E-state index contributed by atoms with van der Waals surface area (Å²) in [5, 5.41) is 0. The van der Waals surface area contributed by atoms with E-state index in [0.29, 0.717) is 23.8 Å². The second-order valence-electron chi connectivity index (χ2n) is 3.81. The Hall–Kier alpha value is -1.76. The summed E-state index contributed by atoms with van der Waals surface area (Å²) in [6.45, 7) is 18.1. The van der Waals surface area contributed by atoms with Crippen LogP contribution in [0.4, 0.5) is 0 Å². The Morgan fingerprint density at radius 1 is 1.13 bits per heavy atom. The molecule has 0 unspecified atom stereocenters. The van der Waals surface area contributed by atoms with Crippen LogP contribution in [0, 0.1) is 25.9 Å².